The number of aromatic nitrogens is 1. The van der Waals surface area contributed by atoms with Crippen molar-refractivity contribution in [2.75, 3.05) is 0 Å². The van der Waals surface area contributed by atoms with Crippen LogP contribution in [0.2, 0.25) is 0 Å². The number of hydrogen-bond donors (Lipinski definition) is 1. The molecule has 0 amide bonds. The summed E-state index contributed by atoms with van der Waals surface area (Å²) in [5, 5.41) is 9.39. The first-order valence-corrected chi connectivity index (χ1v) is 6.20. The van der Waals surface area contributed by atoms with Crippen LogP contribution in [0.3, 0.4) is 0 Å². The van der Waals surface area contributed by atoms with Gasteiger partial charge in [-0.3, -0.25) is 9.36 Å². The Morgan fingerprint density at radius 2 is 2.00 bits per heavy atom. The number of hydrogen-bond acceptors (Lipinski definition) is 3. The first-order valence-electron chi connectivity index (χ1n) is 6.20. The number of rotatable bonds is 4. The monoisotopic (exact) mass is 273 g/mol. The summed E-state index contributed by atoms with van der Waals surface area (Å²) in [7, 11) is 0. The van der Waals surface area contributed by atoms with E-state index in [4.69, 9.17) is 9.84 Å². The topological polar surface area (TPSA) is 68.5 Å². The Hall–Kier alpha value is -2.56. The van der Waals surface area contributed by atoms with Crippen LogP contribution in [0.1, 0.15) is 18.6 Å². The summed E-state index contributed by atoms with van der Waals surface area (Å²) in [5.74, 6) is -0.818. The van der Waals surface area contributed by atoms with E-state index in [1.54, 1.807) is 24.4 Å². The number of benzene rings is 1. The quantitative estimate of drug-likeness (QED) is 0.870. The maximum absolute atomic E-state index is 11.9. The molecule has 1 aromatic carbocycles. The van der Waals surface area contributed by atoms with Gasteiger partial charge in [0.1, 0.15) is 5.75 Å². The molecule has 0 aliphatic heterocycles. The van der Waals surface area contributed by atoms with Gasteiger partial charge in [0.2, 0.25) is 0 Å². The largest absolute Gasteiger partial charge is 0.491 e. The second-order valence-electron chi connectivity index (χ2n) is 4.58. The lowest BCUT2D eigenvalue weighted by atomic mass is 10.2. The molecule has 0 unspecified atom stereocenters. The number of carbonyl (C=O) groups is 2. The Morgan fingerprint density at radius 1 is 1.25 bits per heavy atom. The van der Waals surface area contributed by atoms with Crippen molar-refractivity contribution in [1.29, 1.82) is 0 Å². The number of carbonyl (C=O) groups excluding carboxylic acids is 1. The van der Waals surface area contributed by atoms with Crippen molar-refractivity contribution in [2.45, 2.75) is 20.0 Å². The number of allylic oxidation sites excluding steroid dienone is 1. The smallest absolute Gasteiger partial charge is 0.328 e. The molecule has 1 N–H and O–H groups in total. The van der Waals surface area contributed by atoms with Crippen LogP contribution in [0.25, 0.3) is 10.9 Å². The zero-order chi connectivity index (χ0) is 14.7. The van der Waals surface area contributed by atoms with Crippen LogP contribution < -0.4 is 4.74 Å². The molecule has 0 spiro atoms. The summed E-state index contributed by atoms with van der Waals surface area (Å²) in [6.45, 7) is 3.88. The fourth-order valence-corrected chi connectivity index (χ4v) is 1.88. The number of nitrogens with zero attached hydrogens (tertiary/aromatic N) is 1. The molecule has 20 heavy (non-hydrogen) atoms. The van der Waals surface area contributed by atoms with Crippen LogP contribution in [0, 0.1) is 0 Å². The SMILES string of the molecule is CC(C)Oc1ccc2c(ccn2C(=O)/C=C/C(=O)O)c1. The van der Waals surface area contributed by atoms with Gasteiger partial charge in [-0.2, -0.15) is 0 Å². The van der Waals surface area contributed by atoms with Gasteiger partial charge in [-0.15, -0.1) is 0 Å². The summed E-state index contributed by atoms with van der Waals surface area (Å²) in [6, 6.07) is 7.20. The number of carboxylic acids is 1. The fourth-order valence-electron chi connectivity index (χ4n) is 1.88. The van der Waals surface area contributed by atoms with E-state index in [1.807, 2.05) is 19.9 Å². The van der Waals surface area contributed by atoms with Crippen molar-refractivity contribution in [2.24, 2.45) is 0 Å². The predicted octanol–water partition coefficient (Wildman–Crippen LogP) is 2.71. The van der Waals surface area contributed by atoms with Gasteiger partial charge in [0.05, 0.1) is 11.6 Å². The molecule has 0 atom stereocenters. The number of fused-ring (bicyclic) bond motifs is 1. The Balaban J connectivity index is 2.33. The highest BCUT2D eigenvalue weighted by Gasteiger charge is 2.08. The number of ether oxygens (including phenoxy) is 1. The Labute approximate surface area is 116 Å². The summed E-state index contributed by atoms with van der Waals surface area (Å²) in [4.78, 5) is 22.3. The molecule has 5 nitrogen and oxygen atoms in total. The van der Waals surface area contributed by atoms with Gasteiger partial charge in [-0.25, -0.2) is 4.79 Å². The van der Waals surface area contributed by atoms with E-state index in [9.17, 15) is 9.59 Å². The van der Waals surface area contributed by atoms with E-state index in [-0.39, 0.29) is 6.10 Å². The van der Waals surface area contributed by atoms with Gasteiger partial charge in [-0.1, -0.05) is 0 Å². The zero-order valence-electron chi connectivity index (χ0n) is 11.2. The third-order valence-electron chi connectivity index (χ3n) is 2.64. The van der Waals surface area contributed by atoms with Gasteiger partial charge >= 0.3 is 5.97 Å². The lowest BCUT2D eigenvalue weighted by Gasteiger charge is -2.09. The van der Waals surface area contributed by atoms with Crippen LogP contribution in [-0.2, 0) is 4.79 Å². The molecule has 0 fully saturated rings. The van der Waals surface area contributed by atoms with Gasteiger partial charge in [0.25, 0.3) is 5.91 Å². The molecule has 1 aromatic heterocycles. The molecule has 1 heterocycles. The van der Waals surface area contributed by atoms with E-state index in [0.29, 0.717) is 5.52 Å². The molecular formula is C15H15NO4. The van der Waals surface area contributed by atoms with Crippen molar-refractivity contribution in [3.8, 4) is 5.75 Å². The summed E-state index contributed by atoms with van der Waals surface area (Å²) < 4.78 is 6.98. The van der Waals surface area contributed by atoms with Crippen molar-refractivity contribution >= 4 is 22.8 Å². The van der Waals surface area contributed by atoms with Crippen molar-refractivity contribution in [3.63, 3.8) is 0 Å². The molecule has 104 valence electrons. The van der Waals surface area contributed by atoms with E-state index in [0.717, 1.165) is 23.3 Å². The van der Waals surface area contributed by atoms with Gasteiger partial charge in [0.15, 0.2) is 0 Å². The second-order valence-corrected chi connectivity index (χ2v) is 4.58. The lowest BCUT2D eigenvalue weighted by molar-refractivity contribution is -0.131. The Kier molecular flexibility index (Phi) is 3.89. The minimum absolute atomic E-state index is 0.0784. The average Bonchev–Trinajstić information content (AvgIpc) is 2.78. The van der Waals surface area contributed by atoms with E-state index >= 15 is 0 Å². The molecule has 2 aromatic rings. The van der Waals surface area contributed by atoms with Crippen LogP contribution in [0.4, 0.5) is 0 Å². The van der Waals surface area contributed by atoms with Crippen LogP contribution >= 0.6 is 0 Å². The van der Waals surface area contributed by atoms with E-state index in [2.05, 4.69) is 0 Å². The van der Waals surface area contributed by atoms with Gasteiger partial charge < -0.3 is 9.84 Å². The molecule has 0 aliphatic carbocycles. The van der Waals surface area contributed by atoms with Crippen molar-refractivity contribution in [3.05, 3.63) is 42.6 Å². The summed E-state index contributed by atoms with van der Waals surface area (Å²) >= 11 is 0. The lowest BCUT2D eigenvalue weighted by Crippen LogP contribution is -2.07. The third-order valence-corrected chi connectivity index (χ3v) is 2.64. The first kappa shape index (κ1) is 13.9. The molecule has 5 heteroatoms. The highest BCUT2D eigenvalue weighted by atomic mass is 16.5. The van der Waals surface area contributed by atoms with Crippen molar-refractivity contribution in [1.82, 2.24) is 4.57 Å². The van der Waals surface area contributed by atoms with Crippen molar-refractivity contribution < 1.29 is 19.4 Å². The normalized spacial score (nSPS) is 11.3. The minimum Gasteiger partial charge on any atom is -0.491 e. The fraction of sp³-hybridized carbons (Fsp3) is 0.200. The minimum atomic E-state index is -1.15. The second kappa shape index (κ2) is 5.61. The summed E-state index contributed by atoms with van der Waals surface area (Å²) in [5.41, 5.74) is 0.709. The molecule has 0 saturated carbocycles. The number of carboxylic acid groups (broad SMARTS) is 1. The van der Waals surface area contributed by atoms with Crippen LogP contribution in [-0.4, -0.2) is 27.7 Å². The van der Waals surface area contributed by atoms with Gasteiger partial charge in [-0.05, 0) is 38.1 Å². The van der Waals surface area contributed by atoms with Crippen LogP contribution in [0.5, 0.6) is 5.75 Å². The Morgan fingerprint density at radius 3 is 2.65 bits per heavy atom. The molecule has 2 rings (SSSR count). The van der Waals surface area contributed by atoms with Crippen LogP contribution in [0.15, 0.2) is 42.6 Å². The highest BCUT2D eigenvalue weighted by Crippen LogP contribution is 2.22. The number of aliphatic carboxylic acids is 1. The maximum Gasteiger partial charge on any atom is 0.328 e. The third kappa shape index (κ3) is 3.06. The molecule has 0 aliphatic rings. The molecule has 0 saturated heterocycles. The highest BCUT2D eigenvalue weighted by molar-refractivity contribution is 6.01. The standard InChI is InChI=1S/C15H15NO4/c1-10(2)20-12-3-4-13-11(9-12)7-8-16(13)14(17)5-6-15(18)19/h3-10H,1-2H3,(H,18,19)/b6-5+. The zero-order valence-corrected chi connectivity index (χ0v) is 11.2. The van der Waals surface area contributed by atoms with E-state index in [1.165, 1.54) is 4.57 Å². The predicted molar refractivity (Wildman–Crippen MR) is 75.1 cm³/mol. The first-order chi connectivity index (χ1) is 9.47. The molecule has 0 bridgehead atoms. The van der Waals surface area contributed by atoms with E-state index < -0.39 is 11.9 Å². The Bertz CT molecular complexity index is 682. The average molecular weight is 273 g/mol. The summed E-state index contributed by atoms with van der Waals surface area (Å²) in [6.07, 6.45) is 3.54. The molecule has 0 radical (unpaired) electrons. The molecular weight excluding hydrogens is 258 g/mol. The maximum atomic E-state index is 11.9. The van der Waals surface area contributed by atoms with Gasteiger partial charge in [0, 0.05) is 23.7 Å².